The highest BCUT2D eigenvalue weighted by Crippen LogP contribution is 2.28. The Morgan fingerprint density at radius 1 is 1.16 bits per heavy atom. The van der Waals surface area contributed by atoms with Gasteiger partial charge in [0.25, 0.3) is 0 Å². The Hall–Kier alpha value is -2.25. The average molecular weight is 443 g/mol. The summed E-state index contributed by atoms with van der Waals surface area (Å²) >= 11 is 0. The van der Waals surface area contributed by atoms with Crippen LogP contribution in [0.4, 0.5) is 0 Å². The van der Waals surface area contributed by atoms with Gasteiger partial charge < -0.3 is 20.3 Å². The molecule has 2 atom stereocenters. The Balaban J connectivity index is 1.44. The molecule has 0 aliphatic carbocycles. The minimum Gasteiger partial charge on any atom is -0.394 e. The lowest BCUT2D eigenvalue weighted by Crippen LogP contribution is -2.44. The van der Waals surface area contributed by atoms with Gasteiger partial charge in [-0.1, -0.05) is 81.3 Å². The van der Waals surface area contributed by atoms with E-state index in [1.807, 2.05) is 0 Å². The van der Waals surface area contributed by atoms with Crippen molar-refractivity contribution in [2.45, 2.75) is 83.1 Å². The summed E-state index contributed by atoms with van der Waals surface area (Å²) in [5, 5.41) is 13.2. The summed E-state index contributed by atoms with van der Waals surface area (Å²) in [6.07, 6.45) is 12.5. The van der Waals surface area contributed by atoms with E-state index < -0.39 is 6.04 Å². The molecule has 1 saturated heterocycles. The van der Waals surface area contributed by atoms with Crippen LogP contribution in [0.3, 0.4) is 0 Å². The normalized spacial score (nSPS) is 17.1. The third kappa shape index (κ3) is 6.87. The first-order chi connectivity index (χ1) is 15.6. The number of likely N-dealkylation sites (tertiary alicyclic amines) is 1. The van der Waals surface area contributed by atoms with Gasteiger partial charge in [-0.05, 0) is 24.8 Å². The van der Waals surface area contributed by atoms with Crippen LogP contribution in [0.1, 0.15) is 82.1 Å². The van der Waals surface area contributed by atoms with E-state index >= 15 is 0 Å². The van der Waals surface area contributed by atoms with Crippen LogP contribution < -0.4 is 5.73 Å². The fourth-order valence-electron chi connectivity index (χ4n) is 4.28. The number of hydrogen-bond donors (Lipinski definition) is 2. The number of aliphatic hydroxyl groups is 1. The number of benzene rings is 1. The molecule has 1 aliphatic rings. The highest BCUT2D eigenvalue weighted by molar-refractivity contribution is 5.82. The number of carbonyl (C=O) groups is 1. The number of unbranched alkanes of at least 4 members (excludes halogenated alkanes) is 7. The maximum atomic E-state index is 12.2. The van der Waals surface area contributed by atoms with E-state index in [0.717, 1.165) is 18.4 Å². The van der Waals surface area contributed by atoms with Crippen molar-refractivity contribution in [3.8, 4) is 11.4 Å². The predicted molar refractivity (Wildman–Crippen MR) is 125 cm³/mol. The van der Waals surface area contributed by atoms with Gasteiger partial charge in [0.1, 0.15) is 6.04 Å². The van der Waals surface area contributed by atoms with Crippen molar-refractivity contribution in [1.29, 1.82) is 0 Å². The van der Waals surface area contributed by atoms with Gasteiger partial charge in [0.15, 0.2) is 0 Å². The number of nitrogens with zero attached hydrogens (tertiary/aromatic N) is 3. The van der Waals surface area contributed by atoms with Gasteiger partial charge in [-0.15, -0.1) is 0 Å². The molecule has 1 amide bonds. The summed E-state index contributed by atoms with van der Waals surface area (Å²) in [6.45, 7) is 2.99. The third-order valence-corrected chi connectivity index (χ3v) is 6.34. The van der Waals surface area contributed by atoms with Gasteiger partial charge in [-0.2, -0.15) is 4.98 Å². The molecule has 1 aliphatic heterocycles. The Morgan fingerprint density at radius 2 is 1.84 bits per heavy atom. The monoisotopic (exact) mass is 442 g/mol. The number of rotatable bonds is 13. The molecule has 1 aromatic carbocycles. The first kappa shape index (κ1) is 24.4. The van der Waals surface area contributed by atoms with Crippen molar-refractivity contribution >= 4 is 5.91 Å². The van der Waals surface area contributed by atoms with E-state index in [0.29, 0.717) is 24.8 Å². The molecule has 2 unspecified atom stereocenters. The van der Waals surface area contributed by atoms with Crippen molar-refractivity contribution in [3.63, 3.8) is 0 Å². The Labute approximate surface area is 191 Å². The van der Waals surface area contributed by atoms with Crippen molar-refractivity contribution in [3.05, 3.63) is 35.7 Å². The molecule has 3 N–H and O–H groups in total. The SMILES string of the molecule is CCCCCCCCCCc1ccc(-c2noc(C3CCN(C(=O)C(N)CO)C3)n2)cc1. The molecule has 0 bridgehead atoms. The molecule has 2 aromatic rings. The van der Waals surface area contributed by atoms with Crippen molar-refractivity contribution in [2.75, 3.05) is 19.7 Å². The van der Waals surface area contributed by atoms with E-state index in [-0.39, 0.29) is 18.4 Å². The first-order valence-corrected chi connectivity index (χ1v) is 12.2. The fourth-order valence-corrected chi connectivity index (χ4v) is 4.28. The molecule has 2 heterocycles. The molecule has 3 rings (SSSR count). The lowest BCUT2D eigenvalue weighted by molar-refractivity contribution is -0.132. The van der Waals surface area contributed by atoms with Crippen LogP contribution in [0, 0.1) is 0 Å². The van der Waals surface area contributed by atoms with E-state index in [9.17, 15) is 4.79 Å². The first-order valence-electron chi connectivity index (χ1n) is 12.2. The van der Waals surface area contributed by atoms with Crippen molar-refractivity contribution in [1.82, 2.24) is 15.0 Å². The van der Waals surface area contributed by atoms with Gasteiger partial charge in [0.2, 0.25) is 17.6 Å². The molecule has 32 heavy (non-hydrogen) atoms. The average Bonchev–Trinajstić information content (AvgIpc) is 3.50. The second-order valence-electron chi connectivity index (χ2n) is 8.94. The number of amides is 1. The van der Waals surface area contributed by atoms with Crippen LogP contribution in [0.5, 0.6) is 0 Å². The number of aliphatic hydroxyl groups excluding tert-OH is 1. The molecular formula is C25H38N4O3. The van der Waals surface area contributed by atoms with Crippen LogP contribution in [0.15, 0.2) is 28.8 Å². The Kier molecular flexibility index (Phi) is 9.68. The Bertz CT molecular complexity index is 821. The van der Waals surface area contributed by atoms with Gasteiger partial charge in [-0.25, -0.2) is 0 Å². The summed E-state index contributed by atoms with van der Waals surface area (Å²) in [5.74, 6) is 0.903. The van der Waals surface area contributed by atoms with Crippen LogP contribution >= 0.6 is 0 Å². The molecule has 0 radical (unpaired) electrons. The summed E-state index contributed by atoms with van der Waals surface area (Å²) in [7, 11) is 0. The molecule has 0 spiro atoms. The molecule has 176 valence electrons. The lowest BCUT2D eigenvalue weighted by Gasteiger charge is -2.18. The molecule has 0 saturated carbocycles. The topological polar surface area (TPSA) is 105 Å². The maximum Gasteiger partial charge on any atom is 0.241 e. The quantitative estimate of drug-likeness (QED) is 0.453. The molecule has 7 nitrogen and oxygen atoms in total. The summed E-state index contributed by atoms with van der Waals surface area (Å²) in [6, 6.07) is 7.55. The number of aromatic nitrogens is 2. The van der Waals surface area contributed by atoms with Crippen LogP contribution in [-0.4, -0.2) is 51.8 Å². The smallest absolute Gasteiger partial charge is 0.241 e. The maximum absolute atomic E-state index is 12.2. The molecular weight excluding hydrogens is 404 g/mol. The van der Waals surface area contributed by atoms with Gasteiger partial charge in [0.05, 0.1) is 12.5 Å². The zero-order valence-electron chi connectivity index (χ0n) is 19.3. The van der Waals surface area contributed by atoms with Gasteiger partial charge >= 0.3 is 0 Å². The number of hydrogen-bond acceptors (Lipinski definition) is 6. The minimum absolute atomic E-state index is 0.00680. The van der Waals surface area contributed by atoms with Crippen molar-refractivity contribution in [2.24, 2.45) is 5.73 Å². The van der Waals surface area contributed by atoms with E-state index in [2.05, 4.69) is 41.3 Å². The van der Waals surface area contributed by atoms with Crippen LogP contribution in [0.25, 0.3) is 11.4 Å². The standard InChI is InChI=1S/C25H38N4O3/c1-2-3-4-5-6-7-8-9-10-19-11-13-20(14-12-19)23-27-24(32-28-23)21-15-16-29(17-21)25(31)22(26)18-30/h11-14,21-22,30H,2-10,15-18,26H2,1H3. The predicted octanol–water partition coefficient (Wildman–Crippen LogP) is 4.06. The third-order valence-electron chi connectivity index (χ3n) is 6.34. The fraction of sp³-hybridized carbons (Fsp3) is 0.640. The number of aryl methyl sites for hydroxylation is 1. The number of carbonyl (C=O) groups excluding carboxylic acids is 1. The van der Waals surface area contributed by atoms with Crippen LogP contribution in [-0.2, 0) is 11.2 Å². The Morgan fingerprint density at radius 3 is 2.53 bits per heavy atom. The van der Waals surface area contributed by atoms with Crippen molar-refractivity contribution < 1.29 is 14.4 Å². The lowest BCUT2D eigenvalue weighted by atomic mass is 10.0. The second-order valence-corrected chi connectivity index (χ2v) is 8.94. The zero-order chi connectivity index (χ0) is 22.8. The second kappa shape index (κ2) is 12.7. The largest absolute Gasteiger partial charge is 0.394 e. The van der Waals surface area contributed by atoms with E-state index in [4.69, 9.17) is 15.4 Å². The highest BCUT2D eigenvalue weighted by atomic mass is 16.5. The van der Waals surface area contributed by atoms with Gasteiger partial charge in [-0.3, -0.25) is 4.79 Å². The molecule has 1 fully saturated rings. The van der Waals surface area contributed by atoms with E-state index in [1.54, 1.807) is 4.90 Å². The molecule has 1 aromatic heterocycles. The highest BCUT2D eigenvalue weighted by Gasteiger charge is 2.33. The number of nitrogens with two attached hydrogens (primary N) is 1. The van der Waals surface area contributed by atoms with Crippen LogP contribution in [0.2, 0.25) is 0 Å². The minimum atomic E-state index is -0.865. The molecule has 7 heteroatoms. The van der Waals surface area contributed by atoms with Gasteiger partial charge in [0, 0.05) is 18.7 Å². The summed E-state index contributed by atoms with van der Waals surface area (Å²) in [5.41, 5.74) is 7.93. The summed E-state index contributed by atoms with van der Waals surface area (Å²) < 4.78 is 5.50. The van der Waals surface area contributed by atoms with E-state index in [1.165, 1.54) is 56.9 Å². The summed E-state index contributed by atoms with van der Waals surface area (Å²) in [4.78, 5) is 18.4. The zero-order valence-corrected chi connectivity index (χ0v) is 19.3.